The number of rotatable bonds is 6. The fourth-order valence-electron chi connectivity index (χ4n) is 8.43. The summed E-state index contributed by atoms with van der Waals surface area (Å²) in [6.07, 6.45) is 1.87. The summed E-state index contributed by atoms with van der Waals surface area (Å²) in [7, 11) is 0. The van der Waals surface area contributed by atoms with Gasteiger partial charge in [0.15, 0.2) is 0 Å². The first kappa shape index (κ1) is 31.4. The van der Waals surface area contributed by atoms with E-state index in [-0.39, 0.29) is 5.41 Å². The summed E-state index contributed by atoms with van der Waals surface area (Å²) in [5, 5.41) is 5.54. The van der Waals surface area contributed by atoms with Crippen molar-refractivity contribution in [3.8, 4) is 22.3 Å². The second-order valence-corrected chi connectivity index (χ2v) is 15.4. The Bertz CT molecular complexity index is 3010. The second kappa shape index (κ2) is 11.9. The van der Waals surface area contributed by atoms with E-state index >= 15 is 0 Å². The maximum absolute atomic E-state index is 6.94. The second-order valence-electron chi connectivity index (χ2n) is 14.4. The number of hydrogen-bond donors (Lipinski definition) is 0. The van der Waals surface area contributed by atoms with Crippen LogP contribution in [0.2, 0.25) is 0 Å². The molecule has 0 spiro atoms. The van der Waals surface area contributed by atoms with Crippen molar-refractivity contribution in [3.05, 3.63) is 192 Å². The lowest BCUT2D eigenvalue weighted by Gasteiger charge is -2.22. The van der Waals surface area contributed by atoms with E-state index in [9.17, 15) is 0 Å². The first-order valence-electron chi connectivity index (χ1n) is 18.0. The quantitative estimate of drug-likeness (QED) is 0.159. The van der Waals surface area contributed by atoms with Crippen LogP contribution < -0.4 is 0 Å². The van der Waals surface area contributed by atoms with Crippen LogP contribution in [-0.4, -0.2) is 5.71 Å². The Balaban J connectivity index is 1.17. The summed E-state index contributed by atoms with van der Waals surface area (Å²) >= 11 is 1.73. The normalized spacial score (nSPS) is 13.5. The van der Waals surface area contributed by atoms with Gasteiger partial charge in [-0.1, -0.05) is 154 Å². The SMILES string of the molecule is C=C/C(=N\c1c(C(=C)c2ccccc2)sc2ccccc12)c1cc2oc3c(-c4ccc5c(c4)C(C)(C)c4ccccc4-5)cccc3c2c2ccccc12. The average Bonchev–Trinajstić information content (AvgIpc) is 3.84. The first-order valence-corrected chi connectivity index (χ1v) is 18.8. The molecular weight excluding hydrogens is 663 g/mol. The number of hydrogen-bond acceptors (Lipinski definition) is 3. The molecule has 3 heteroatoms. The molecular formula is C50H35NOS. The molecule has 0 unspecified atom stereocenters. The Morgan fingerprint density at radius 1 is 0.660 bits per heavy atom. The molecule has 0 saturated carbocycles. The minimum Gasteiger partial charge on any atom is -0.455 e. The number of benzene rings is 7. The van der Waals surface area contributed by atoms with E-state index in [2.05, 4.69) is 167 Å². The van der Waals surface area contributed by atoms with Gasteiger partial charge in [-0.2, -0.15) is 0 Å². The molecule has 0 fully saturated rings. The van der Waals surface area contributed by atoms with Gasteiger partial charge in [0, 0.05) is 37.4 Å². The molecule has 0 saturated heterocycles. The van der Waals surface area contributed by atoms with E-state index in [0.717, 1.165) is 82.2 Å². The van der Waals surface area contributed by atoms with E-state index in [0.29, 0.717) is 0 Å². The Morgan fingerprint density at radius 2 is 1.34 bits per heavy atom. The molecule has 53 heavy (non-hydrogen) atoms. The largest absolute Gasteiger partial charge is 0.455 e. The molecule has 2 aromatic heterocycles. The van der Waals surface area contributed by atoms with Crippen molar-refractivity contribution in [2.24, 2.45) is 4.99 Å². The van der Waals surface area contributed by atoms with E-state index in [4.69, 9.17) is 9.41 Å². The third-order valence-corrected chi connectivity index (χ3v) is 12.3. The fraction of sp³-hybridized carbons (Fsp3) is 0.0600. The molecule has 9 aromatic rings. The van der Waals surface area contributed by atoms with E-state index in [1.54, 1.807) is 11.3 Å². The predicted octanol–water partition coefficient (Wildman–Crippen LogP) is 14.3. The minimum absolute atomic E-state index is 0.0870. The summed E-state index contributed by atoms with van der Waals surface area (Å²) in [6.45, 7) is 13.5. The molecule has 1 aliphatic rings. The van der Waals surface area contributed by atoms with Gasteiger partial charge in [-0.3, -0.25) is 0 Å². The van der Waals surface area contributed by atoms with E-state index in [1.165, 1.54) is 27.0 Å². The maximum Gasteiger partial charge on any atom is 0.143 e. The highest BCUT2D eigenvalue weighted by Gasteiger charge is 2.35. The molecule has 0 radical (unpaired) electrons. The maximum atomic E-state index is 6.94. The molecule has 1 aliphatic carbocycles. The lowest BCUT2D eigenvalue weighted by molar-refractivity contribution is 0.660. The smallest absolute Gasteiger partial charge is 0.143 e. The summed E-state index contributed by atoms with van der Waals surface area (Å²) in [5.74, 6) is 0. The van der Waals surface area contributed by atoms with Crippen LogP contribution in [0, 0.1) is 0 Å². The highest BCUT2D eigenvalue weighted by atomic mass is 32.1. The average molecular weight is 698 g/mol. The van der Waals surface area contributed by atoms with Crippen LogP contribution in [0.3, 0.4) is 0 Å². The predicted molar refractivity (Wildman–Crippen MR) is 227 cm³/mol. The molecule has 0 aliphatic heterocycles. The zero-order chi connectivity index (χ0) is 35.8. The van der Waals surface area contributed by atoms with E-state index < -0.39 is 0 Å². The van der Waals surface area contributed by atoms with Crippen molar-refractivity contribution in [1.82, 2.24) is 0 Å². The highest BCUT2D eigenvalue weighted by Crippen LogP contribution is 2.50. The van der Waals surface area contributed by atoms with Crippen molar-refractivity contribution >= 4 is 71.1 Å². The van der Waals surface area contributed by atoms with Gasteiger partial charge in [0.1, 0.15) is 11.2 Å². The van der Waals surface area contributed by atoms with Gasteiger partial charge in [0.05, 0.1) is 16.3 Å². The monoisotopic (exact) mass is 697 g/mol. The van der Waals surface area contributed by atoms with Gasteiger partial charge in [0.2, 0.25) is 0 Å². The van der Waals surface area contributed by atoms with Crippen molar-refractivity contribution in [3.63, 3.8) is 0 Å². The fourth-order valence-corrected chi connectivity index (χ4v) is 9.56. The number of furan rings is 1. The van der Waals surface area contributed by atoms with Crippen molar-refractivity contribution < 1.29 is 4.42 Å². The van der Waals surface area contributed by atoms with Crippen molar-refractivity contribution in [2.75, 3.05) is 0 Å². The summed E-state index contributed by atoms with van der Waals surface area (Å²) < 4.78 is 8.11. The molecule has 10 rings (SSSR count). The van der Waals surface area contributed by atoms with Gasteiger partial charge in [-0.15, -0.1) is 11.3 Å². The third kappa shape index (κ3) is 4.74. The van der Waals surface area contributed by atoms with Gasteiger partial charge >= 0.3 is 0 Å². The third-order valence-electron chi connectivity index (χ3n) is 11.1. The number of fused-ring (bicyclic) bond motifs is 9. The summed E-state index contributed by atoms with van der Waals surface area (Å²) in [4.78, 5) is 6.48. The molecule has 252 valence electrons. The summed E-state index contributed by atoms with van der Waals surface area (Å²) in [6, 6.07) is 51.8. The van der Waals surface area contributed by atoms with Crippen LogP contribution in [0.25, 0.3) is 70.6 Å². The molecule has 0 amide bonds. The number of thiophene rings is 1. The van der Waals surface area contributed by atoms with Crippen LogP contribution >= 0.6 is 11.3 Å². The topological polar surface area (TPSA) is 25.5 Å². The summed E-state index contributed by atoms with van der Waals surface area (Å²) in [5.41, 5.74) is 13.9. The van der Waals surface area contributed by atoms with Crippen molar-refractivity contribution in [1.29, 1.82) is 0 Å². The zero-order valence-electron chi connectivity index (χ0n) is 29.6. The number of aliphatic imine (C=N–C) groups is 1. The van der Waals surface area contributed by atoms with Gasteiger partial charge < -0.3 is 4.42 Å². The number of nitrogens with zero attached hydrogens (tertiary/aromatic N) is 1. The number of allylic oxidation sites excluding steroid dienone is 1. The van der Waals surface area contributed by atoms with Gasteiger partial charge in [-0.25, -0.2) is 4.99 Å². The standard InChI is InChI=1S/C50H35NOS/c1-5-43(51-47-38-21-12-14-25-45(38)53-49(47)30(2)31-16-7-6-8-17-31)40-29-44-46(37-20-10-9-18-34(37)40)39-23-15-22-33(48(39)52-44)32-26-27-36-35-19-11-13-24-41(35)50(3,4)42(36)28-32/h5-29H,1-2H2,3-4H3/b51-43+. The van der Waals surface area contributed by atoms with Crippen LogP contribution in [0.1, 0.15) is 41.0 Å². The molecule has 0 atom stereocenters. The minimum atomic E-state index is -0.0870. The van der Waals surface area contributed by atoms with Gasteiger partial charge in [0.25, 0.3) is 0 Å². The van der Waals surface area contributed by atoms with Crippen molar-refractivity contribution in [2.45, 2.75) is 19.3 Å². The lowest BCUT2D eigenvalue weighted by atomic mass is 9.81. The Morgan fingerprint density at radius 3 is 2.17 bits per heavy atom. The Labute approximate surface area is 312 Å². The van der Waals surface area contributed by atoms with Gasteiger partial charge in [-0.05, 0) is 74.0 Å². The zero-order valence-corrected chi connectivity index (χ0v) is 30.4. The molecule has 7 aromatic carbocycles. The molecule has 2 heterocycles. The molecule has 0 bridgehead atoms. The van der Waals surface area contributed by atoms with Crippen LogP contribution in [-0.2, 0) is 5.41 Å². The Kier molecular flexibility index (Phi) is 7.05. The molecule has 2 nitrogen and oxygen atoms in total. The first-order chi connectivity index (χ1) is 25.9. The van der Waals surface area contributed by atoms with E-state index in [1.807, 2.05) is 12.1 Å². The number of para-hydroxylation sites is 1. The highest BCUT2D eigenvalue weighted by molar-refractivity contribution is 7.20. The van der Waals surface area contributed by atoms with Crippen LogP contribution in [0.4, 0.5) is 5.69 Å². The van der Waals surface area contributed by atoms with Crippen LogP contribution in [0.5, 0.6) is 0 Å². The Hall–Kier alpha value is -6.29. The lowest BCUT2D eigenvalue weighted by Crippen LogP contribution is -2.14. The van der Waals surface area contributed by atoms with Crippen LogP contribution in [0.15, 0.2) is 174 Å². The molecule has 0 N–H and O–H groups in total.